The van der Waals surface area contributed by atoms with Gasteiger partial charge in [-0.05, 0) is 12.0 Å². The summed E-state index contributed by atoms with van der Waals surface area (Å²) < 4.78 is 6.34. The summed E-state index contributed by atoms with van der Waals surface area (Å²) in [4.78, 5) is 7.70. The fourth-order valence-electron chi connectivity index (χ4n) is 1.61. The molecule has 0 aromatic carbocycles. The molecule has 1 aromatic heterocycles. The molecule has 88 valence electrons. The molecule has 0 aliphatic carbocycles. The van der Waals surface area contributed by atoms with Gasteiger partial charge in [-0.3, -0.25) is 0 Å². The van der Waals surface area contributed by atoms with Gasteiger partial charge in [-0.1, -0.05) is 26.1 Å². The summed E-state index contributed by atoms with van der Waals surface area (Å²) in [6.07, 6.45) is 0.0687. The average Bonchev–Trinajstić information content (AvgIpc) is 2.29. The Balaban J connectivity index is 2.29. The van der Waals surface area contributed by atoms with Crippen LogP contribution >= 0.6 is 24.0 Å². The third-order valence-corrected chi connectivity index (χ3v) is 3.73. The Hall–Kier alpha value is -0.390. The molecule has 3 nitrogen and oxygen atoms in total. The third kappa shape index (κ3) is 2.84. The predicted molar refractivity (Wildman–Crippen MR) is 69.5 cm³/mol. The van der Waals surface area contributed by atoms with Crippen LogP contribution in [0.15, 0.2) is 6.07 Å². The van der Waals surface area contributed by atoms with Crippen LogP contribution in [0.1, 0.15) is 37.4 Å². The van der Waals surface area contributed by atoms with Gasteiger partial charge in [-0.15, -0.1) is 0 Å². The van der Waals surface area contributed by atoms with E-state index >= 15 is 0 Å². The molecular weight excluding hydrogens is 240 g/mol. The minimum atomic E-state index is 0.0687. The molecule has 1 aliphatic rings. The highest BCUT2D eigenvalue weighted by Gasteiger charge is 2.19. The smallest absolute Gasteiger partial charge is 0.138 e. The van der Waals surface area contributed by atoms with Crippen LogP contribution in [0, 0.1) is 4.64 Å². The summed E-state index contributed by atoms with van der Waals surface area (Å²) in [5, 5.41) is 0. The highest BCUT2D eigenvalue weighted by Crippen LogP contribution is 2.25. The fraction of sp³-hybridized carbons (Fsp3) is 0.636. The maximum atomic E-state index is 5.69. The van der Waals surface area contributed by atoms with E-state index in [0.717, 1.165) is 29.6 Å². The normalized spacial score (nSPS) is 21.3. The van der Waals surface area contributed by atoms with E-state index in [2.05, 4.69) is 23.8 Å². The summed E-state index contributed by atoms with van der Waals surface area (Å²) in [6, 6.07) is 1.93. The van der Waals surface area contributed by atoms with E-state index in [9.17, 15) is 0 Å². The molecule has 0 amide bonds. The van der Waals surface area contributed by atoms with E-state index < -0.39 is 0 Å². The fourth-order valence-corrected chi connectivity index (χ4v) is 2.68. The van der Waals surface area contributed by atoms with E-state index in [1.54, 1.807) is 0 Å². The Bertz CT molecular complexity index is 411. The van der Waals surface area contributed by atoms with Crippen molar-refractivity contribution in [2.75, 3.05) is 18.1 Å². The second kappa shape index (κ2) is 5.29. The molecule has 16 heavy (non-hydrogen) atoms. The molecule has 1 unspecified atom stereocenters. The molecule has 5 heteroatoms. The van der Waals surface area contributed by atoms with Crippen molar-refractivity contribution >= 4 is 24.0 Å². The zero-order valence-corrected chi connectivity index (χ0v) is 11.2. The molecule has 0 saturated carbocycles. The molecule has 0 radical (unpaired) electrons. The van der Waals surface area contributed by atoms with Crippen molar-refractivity contribution in [2.24, 2.45) is 0 Å². The van der Waals surface area contributed by atoms with Crippen LogP contribution in [0.25, 0.3) is 0 Å². The Morgan fingerprint density at radius 1 is 1.62 bits per heavy atom. The van der Waals surface area contributed by atoms with Crippen LogP contribution < -0.4 is 0 Å². The summed E-state index contributed by atoms with van der Waals surface area (Å²) in [7, 11) is 0. The molecule has 1 saturated heterocycles. The van der Waals surface area contributed by atoms with E-state index in [1.807, 2.05) is 17.8 Å². The number of rotatable bonds is 2. The number of aromatic nitrogens is 2. The first-order valence-corrected chi connectivity index (χ1v) is 7.03. The number of aromatic amines is 1. The SMILES string of the molecule is CC(C)c1cc(=S)nc(C2CSCCO2)[nH]1. The second-order valence-corrected chi connectivity index (χ2v) is 5.72. The molecule has 0 spiro atoms. The molecular formula is C11H16N2OS2. The summed E-state index contributed by atoms with van der Waals surface area (Å²) >= 11 is 7.08. The lowest BCUT2D eigenvalue weighted by atomic mass is 10.1. The minimum Gasteiger partial charge on any atom is -0.369 e. The maximum Gasteiger partial charge on any atom is 0.138 e. The number of nitrogens with zero attached hydrogens (tertiary/aromatic N) is 1. The van der Waals surface area contributed by atoms with Crippen molar-refractivity contribution in [2.45, 2.75) is 25.9 Å². The lowest BCUT2D eigenvalue weighted by Gasteiger charge is -2.22. The molecule has 2 heterocycles. The standard InChI is InChI=1S/C11H16N2OS2/c1-7(2)8-5-10(15)13-11(12-8)9-6-16-4-3-14-9/h5,7,9H,3-4,6H2,1-2H3,(H,12,13,15). The van der Waals surface area contributed by atoms with Crippen molar-refractivity contribution in [1.82, 2.24) is 9.97 Å². The Morgan fingerprint density at radius 3 is 3.06 bits per heavy atom. The Kier molecular flexibility index (Phi) is 4.00. The van der Waals surface area contributed by atoms with Gasteiger partial charge in [0.1, 0.15) is 16.6 Å². The van der Waals surface area contributed by atoms with Crippen molar-refractivity contribution in [3.05, 3.63) is 22.2 Å². The highest BCUT2D eigenvalue weighted by molar-refractivity contribution is 7.99. The molecule has 2 rings (SSSR count). The van der Waals surface area contributed by atoms with Gasteiger partial charge in [-0.2, -0.15) is 11.8 Å². The monoisotopic (exact) mass is 256 g/mol. The number of hydrogen-bond acceptors (Lipinski definition) is 4. The van der Waals surface area contributed by atoms with Gasteiger partial charge in [-0.25, -0.2) is 4.98 Å². The van der Waals surface area contributed by atoms with Crippen molar-refractivity contribution in [3.8, 4) is 0 Å². The first-order chi connectivity index (χ1) is 7.66. The third-order valence-electron chi connectivity index (χ3n) is 2.52. The van der Waals surface area contributed by atoms with Crippen LogP contribution in [0.4, 0.5) is 0 Å². The average molecular weight is 256 g/mol. The first kappa shape index (κ1) is 12.1. The molecule has 1 aromatic rings. The van der Waals surface area contributed by atoms with Crippen LogP contribution in [0.3, 0.4) is 0 Å². The molecule has 1 fully saturated rings. The van der Waals surface area contributed by atoms with E-state index in [-0.39, 0.29) is 6.10 Å². The van der Waals surface area contributed by atoms with E-state index in [4.69, 9.17) is 17.0 Å². The molecule has 1 aliphatic heterocycles. The van der Waals surface area contributed by atoms with E-state index in [0.29, 0.717) is 10.6 Å². The van der Waals surface area contributed by atoms with Gasteiger partial charge >= 0.3 is 0 Å². The van der Waals surface area contributed by atoms with Crippen molar-refractivity contribution < 1.29 is 4.74 Å². The van der Waals surface area contributed by atoms with Gasteiger partial charge in [0.25, 0.3) is 0 Å². The molecule has 0 bridgehead atoms. The Morgan fingerprint density at radius 2 is 2.44 bits per heavy atom. The first-order valence-electron chi connectivity index (χ1n) is 5.47. The maximum absolute atomic E-state index is 5.69. The van der Waals surface area contributed by atoms with Crippen LogP contribution in [0.5, 0.6) is 0 Å². The Labute approximate surface area is 105 Å². The van der Waals surface area contributed by atoms with Crippen LogP contribution in [-0.2, 0) is 4.74 Å². The van der Waals surface area contributed by atoms with E-state index in [1.165, 1.54) is 0 Å². The van der Waals surface area contributed by atoms with Crippen LogP contribution in [0.2, 0.25) is 0 Å². The number of ether oxygens (including phenoxy) is 1. The number of nitrogens with one attached hydrogen (secondary N) is 1. The summed E-state index contributed by atoms with van der Waals surface area (Å²) in [5.41, 5.74) is 1.13. The quantitative estimate of drug-likeness (QED) is 0.825. The van der Waals surface area contributed by atoms with Crippen LogP contribution in [-0.4, -0.2) is 28.1 Å². The number of H-pyrrole nitrogens is 1. The largest absolute Gasteiger partial charge is 0.369 e. The van der Waals surface area contributed by atoms with Gasteiger partial charge in [0.2, 0.25) is 0 Å². The summed E-state index contributed by atoms with van der Waals surface area (Å²) in [6.45, 7) is 5.07. The van der Waals surface area contributed by atoms with Crippen molar-refractivity contribution in [1.29, 1.82) is 0 Å². The van der Waals surface area contributed by atoms with Gasteiger partial charge in [0, 0.05) is 17.2 Å². The lowest BCUT2D eigenvalue weighted by molar-refractivity contribution is 0.0691. The number of thioether (sulfide) groups is 1. The van der Waals surface area contributed by atoms with Gasteiger partial charge < -0.3 is 9.72 Å². The lowest BCUT2D eigenvalue weighted by Crippen LogP contribution is -2.18. The predicted octanol–water partition coefficient (Wildman–Crippen LogP) is 3.07. The second-order valence-electron chi connectivity index (χ2n) is 4.15. The van der Waals surface area contributed by atoms with Gasteiger partial charge in [0.05, 0.1) is 6.61 Å². The molecule has 1 atom stereocenters. The summed E-state index contributed by atoms with van der Waals surface area (Å²) in [5.74, 6) is 3.34. The van der Waals surface area contributed by atoms with Crippen molar-refractivity contribution in [3.63, 3.8) is 0 Å². The molecule has 1 N–H and O–H groups in total. The number of hydrogen-bond donors (Lipinski definition) is 1. The van der Waals surface area contributed by atoms with Gasteiger partial charge in [0.15, 0.2) is 0 Å². The topological polar surface area (TPSA) is 37.9 Å². The zero-order valence-electron chi connectivity index (χ0n) is 9.53. The minimum absolute atomic E-state index is 0.0687. The zero-order chi connectivity index (χ0) is 11.5. The highest BCUT2D eigenvalue weighted by atomic mass is 32.2.